The van der Waals surface area contributed by atoms with Crippen LogP contribution >= 0.6 is 0 Å². The number of benzene rings is 2. The van der Waals surface area contributed by atoms with Crippen LogP contribution in [-0.2, 0) is 10.0 Å². The van der Waals surface area contributed by atoms with Crippen molar-refractivity contribution in [2.75, 3.05) is 17.8 Å². The fourth-order valence-electron chi connectivity index (χ4n) is 3.95. The fraction of sp³-hybridized carbons (Fsp3) is 0.304. The SMILES string of the molecule is CC1CCCN(C(=O)c2cc(=O)[nH]c3ccc(S(=O)(=O)Nc4ccc(F)cc4)cc23)CC1. The number of halogens is 1. The number of aromatic nitrogens is 1. The summed E-state index contributed by atoms with van der Waals surface area (Å²) in [5.41, 5.74) is 0.342. The van der Waals surface area contributed by atoms with Gasteiger partial charge in [0.2, 0.25) is 5.56 Å². The van der Waals surface area contributed by atoms with E-state index in [1.807, 2.05) is 0 Å². The van der Waals surface area contributed by atoms with Crippen molar-refractivity contribution >= 4 is 32.5 Å². The van der Waals surface area contributed by atoms with Crippen molar-refractivity contribution in [3.63, 3.8) is 0 Å². The highest BCUT2D eigenvalue weighted by Gasteiger charge is 2.23. The third kappa shape index (κ3) is 4.67. The lowest BCUT2D eigenvalue weighted by atomic mass is 10.0. The number of rotatable bonds is 4. The summed E-state index contributed by atoms with van der Waals surface area (Å²) < 4.78 is 41.3. The van der Waals surface area contributed by atoms with Crippen LogP contribution in [0.15, 0.2) is 58.2 Å². The first-order valence-electron chi connectivity index (χ1n) is 10.5. The summed E-state index contributed by atoms with van der Waals surface area (Å²) >= 11 is 0. The van der Waals surface area contributed by atoms with Crippen LogP contribution in [0.5, 0.6) is 0 Å². The predicted octanol–water partition coefficient (Wildman–Crippen LogP) is 3.73. The molecule has 4 rings (SSSR count). The Morgan fingerprint density at radius 3 is 2.59 bits per heavy atom. The van der Waals surface area contributed by atoms with Gasteiger partial charge in [-0.15, -0.1) is 0 Å². The van der Waals surface area contributed by atoms with Crippen molar-refractivity contribution in [3.05, 3.63) is 70.3 Å². The zero-order chi connectivity index (χ0) is 22.9. The number of nitrogens with zero attached hydrogens (tertiary/aromatic N) is 1. The van der Waals surface area contributed by atoms with E-state index < -0.39 is 21.4 Å². The molecule has 168 valence electrons. The number of sulfonamides is 1. The number of pyridine rings is 1. The lowest BCUT2D eigenvalue weighted by Gasteiger charge is -2.21. The van der Waals surface area contributed by atoms with Gasteiger partial charge in [-0.3, -0.25) is 14.3 Å². The molecular weight excluding hydrogens is 433 g/mol. The van der Waals surface area contributed by atoms with Crippen molar-refractivity contribution in [2.24, 2.45) is 5.92 Å². The van der Waals surface area contributed by atoms with Crippen LogP contribution < -0.4 is 10.3 Å². The summed E-state index contributed by atoms with van der Waals surface area (Å²) in [5, 5.41) is 0.355. The topological polar surface area (TPSA) is 99.3 Å². The first-order valence-corrected chi connectivity index (χ1v) is 12.0. The van der Waals surface area contributed by atoms with Gasteiger partial charge in [-0.1, -0.05) is 6.92 Å². The average Bonchev–Trinajstić information content (AvgIpc) is 2.98. The summed E-state index contributed by atoms with van der Waals surface area (Å²) in [5.74, 6) is -0.233. The van der Waals surface area contributed by atoms with E-state index >= 15 is 0 Å². The number of H-pyrrole nitrogens is 1. The lowest BCUT2D eigenvalue weighted by Crippen LogP contribution is -2.33. The number of fused-ring (bicyclic) bond motifs is 1. The molecule has 2 heterocycles. The molecule has 0 spiro atoms. The normalized spacial score (nSPS) is 17.2. The minimum atomic E-state index is -4.00. The highest BCUT2D eigenvalue weighted by atomic mass is 32.2. The van der Waals surface area contributed by atoms with Gasteiger partial charge in [-0.25, -0.2) is 12.8 Å². The Labute approximate surface area is 185 Å². The Hall–Kier alpha value is -3.20. The van der Waals surface area contributed by atoms with E-state index in [-0.39, 0.29) is 22.1 Å². The molecule has 3 aromatic rings. The van der Waals surface area contributed by atoms with Crippen LogP contribution in [0.2, 0.25) is 0 Å². The Kier molecular flexibility index (Phi) is 6.01. The molecule has 0 radical (unpaired) electrons. The minimum Gasteiger partial charge on any atom is -0.339 e. The van der Waals surface area contributed by atoms with Crippen molar-refractivity contribution in [3.8, 4) is 0 Å². The number of likely N-dealkylation sites (tertiary alicyclic amines) is 1. The number of anilines is 1. The number of amides is 1. The molecule has 2 aromatic carbocycles. The van der Waals surface area contributed by atoms with Crippen molar-refractivity contribution in [2.45, 2.75) is 31.1 Å². The van der Waals surface area contributed by atoms with Crippen LogP contribution in [0.1, 0.15) is 36.5 Å². The molecule has 1 unspecified atom stereocenters. The highest BCUT2D eigenvalue weighted by molar-refractivity contribution is 7.92. The second-order valence-electron chi connectivity index (χ2n) is 8.20. The van der Waals surface area contributed by atoms with Gasteiger partial charge in [0.25, 0.3) is 15.9 Å². The average molecular weight is 458 g/mol. The number of carbonyl (C=O) groups is 1. The van der Waals surface area contributed by atoms with Gasteiger partial charge in [0.05, 0.1) is 10.5 Å². The molecule has 7 nitrogen and oxygen atoms in total. The molecule has 0 saturated carbocycles. The predicted molar refractivity (Wildman–Crippen MR) is 121 cm³/mol. The van der Waals surface area contributed by atoms with Crippen molar-refractivity contribution in [1.82, 2.24) is 9.88 Å². The summed E-state index contributed by atoms with van der Waals surface area (Å²) in [6.07, 6.45) is 2.81. The maximum Gasteiger partial charge on any atom is 0.261 e. The van der Waals surface area contributed by atoms with E-state index in [1.54, 1.807) is 4.90 Å². The summed E-state index contributed by atoms with van der Waals surface area (Å²) in [6, 6.07) is 10.4. The second-order valence-corrected chi connectivity index (χ2v) is 9.88. The Morgan fingerprint density at radius 2 is 1.84 bits per heavy atom. The van der Waals surface area contributed by atoms with E-state index in [1.165, 1.54) is 36.4 Å². The maximum atomic E-state index is 13.3. The van der Waals surface area contributed by atoms with Crippen molar-refractivity contribution in [1.29, 1.82) is 0 Å². The largest absolute Gasteiger partial charge is 0.339 e. The molecule has 9 heteroatoms. The third-order valence-corrected chi connectivity index (χ3v) is 7.13. The van der Waals surface area contributed by atoms with Gasteiger partial charge in [-0.05, 0) is 67.6 Å². The molecule has 1 amide bonds. The molecule has 1 fully saturated rings. The number of hydrogen-bond acceptors (Lipinski definition) is 4. The van der Waals surface area contributed by atoms with E-state index in [9.17, 15) is 22.4 Å². The molecule has 1 aliphatic rings. The van der Waals surface area contributed by atoms with Crippen LogP contribution in [0, 0.1) is 11.7 Å². The summed E-state index contributed by atoms with van der Waals surface area (Å²) in [7, 11) is -4.00. The number of nitrogens with one attached hydrogen (secondary N) is 2. The smallest absolute Gasteiger partial charge is 0.261 e. The summed E-state index contributed by atoms with van der Waals surface area (Å²) in [4.78, 5) is 29.8. The minimum absolute atomic E-state index is 0.0695. The second kappa shape index (κ2) is 8.74. The van der Waals surface area contributed by atoms with Crippen LogP contribution in [0.3, 0.4) is 0 Å². The Bertz CT molecular complexity index is 1320. The number of carbonyl (C=O) groups excluding carboxylic acids is 1. The van der Waals surface area contributed by atoms with Gasteiger partial charge in [-0.2, -0.15) is 0 Å². The molecule has 1 aliphatic heterocycles. The molecule has 1 aromatic heterocycles. The van der Waals surface area contributed by atoms with E-state index in [4.69, 9.17) is 0 Å². The molecule has 2 N–H and O–H groups in total. The van der Waals surface area contributed by atoms with Gasteiger partial charge in [0, 0.05) is 35.7 Å². The Balaban J connectivity index is 1.73. The maximum absolute atomic E-state index is 13.3. The van der Waals surface area contributed by atoms with E-state index in [2.05, 4.69) is 16.6 Å². The van der Waals surface area contributed by atoms with Gasteiger partial charge in [0.15, 0.2) is 0 Å². The first kappa shape index (κ1) is 22.0. The number of aromatic amines is 1. The monoisotopic (exact) mass is 457 g/mol. The molecule has 0 bridgehead atoms. The van der Waals surface area contributed by atoms with Gasteiger partial charge < -0.3 is 9.88 Å². The third-order valence-electron chi connectivity index (χ3n) is 5.76. The highest BCUT2D eigenvalue weighted by Crippen LogP contribution is 2.25. The van der Waals surface area contributed by atoms with E-state index in [0.717, 1.165) is 31.4 Å². The molecule has 1 atom stereocenters. The van der Waals surface area contributed by atoms with Crippen LogP contribution in [0.4, 0.5) is 10.1 Å². The van der Waals surface area contributed by atoms with Crippen LogP contribution in [-0.4, -0.2) is 37.3 Å². The summed E-state index contributed by atoms with van der Waals surface area (Å²) in [6.45, 7) is 3.35. The number of hydrogen-bond donors (Lipinski definition) is 2. The molecule has 1 saturated heterocycles. The molecule has 32 heavy (non-hydrogen) atoms. The van der Waals surface area contributed by atoms with Gasteiger partial charge >= 0.3 is 0 Å². The van der Waals surface area contributed by atoms with Crippen LogP contribution in [0.25, 0.3) is 10.9 Å². The fourth-order valence-corrected chi connectivity index (χ4v) is 5.03. The molecule has 0 aliphatic carbocycles. The van der Waals surface area contributed by atoms with Crippen molar-refractivity contribution < 1.29 is 17.6 Å². The standard InChI is InChI=1S/C23H24FN3O4S/c1-15-3-2-11-27(12-10-15)23(29)20-14-22(28)25-21-9-8-18(13-19(20)21)32(30,31)26-17-6-4-16(24)5-7-17/h4-9,13-15,26H,2-3,10-12H2,1H3,(H,25,28). The zero-order valence-electron chi connectivity index (χ0n) is 17.6. The Morgan fingerprint density at radius 1 is 1.09 bits per heavy atom. The first-order chi connectivity index (χ1) is 15.2. The lowest BCUT2D eigenvalue weighted by molar-refractivity contribution is 0.0762. The quantitative estimate of drug-likeness (QED) is 0.624. The zero-order valence-corrected chi connectivity index (χ0v) is 18.4. The van der Waals surface area contributed by atoms with Gasteiger partial charge in [0.1, 0.15) is 5.82 Å². The van der Waals surface area contributed by atoms with E-state index in [0.29, 0.717) is 29.9 Å². The molecular formula is C23H24FN3O4S.